The molecule has 0 aliphatic carbocycles. The molecule has 21 heavy (non-hydrogen) atoms. The quantitative estimate of drug-likeness (QED) is 0.893. The highest BCUT2D eigenvalue weighted by Gasteiger charge is 2.41. The van der Waals surface area contributed by atoms with Crippen molar-refractivity contribution in [3.05, 3.63) is 17.0 Å². The number of sulfone groups is 1. The van der Waals surface area contributed by atoms with Crippen molar-refractivity contribution in [1.29, 1.82) is 0 Å². The third-order valence-corrected chi connectivity index (χ3v) is 6.43. The highest BCUT2D eigenvalue weighted by molar-refractivity contribution is 7.91. The zero-order valence-electron chi connectivity index (χ0n) is 13.7. The van der Waals surface area contributed by atoms with Crippen molar-refractivity contribution >= 4 is 9.84 Å². The molecule has 120 valence electrons. The minimum Gasteiger partial charge on any atom is -0.319 e. The molecule has 6 heteroatoms. The monoisotopic (exact) mass is 313 g/mol. The topological polar surface area (TPSA) is 64.0 Å². The predicted octanol–water partition coefficient (Wildman–Crippen LogP) is 1.43. The summed E-state index contributed by atoms with van der Waals surface area (Å²) in [5.41, 5.74) is 3.03. The van der Waals surface area contributed by atoms with Crippen molar-refractivity contribution in [2.45, 2.75) is 46.1 Å². The summed E-state index contributed by atoms with van der Waals surface area (Å²) in [6.07, 6.45) is 1.63. The first-order valence-electron chi connectivity index (χ1n) is 7.59. The second kappa shape index (κ2) is 5.72. The van der Waals surface area contributed by atoms with E-state index in [0.717, 1.165) is 24.4 Å². The molecule has 5 nitrogen and oxygen atoms in total. The van der Waals surface area contributed by atoms with E-state index in [1.54, 1.807) is 0 Å². The van der Waals surface area contributed by atoms with Gasteiger partial charge in [0.2, 0.25) is 0 Å². The molecule has 0 aromatic carbocycles. The number of nitrogens with zero attached hydrogens (tertiary/aromatic N) is 2. The Bertz CT molecular complexity index is 621. The van der Waals surface area contributed by atoms with E-state index in [2.05, 4.69) is 24.3 Å². The van der Waals surface area contributed by atoms with E-state index in [0.29, 0.717) is 12.3 Å². The third kappa shape index (κ3) is 3.31. The maximum atomic E-state index is 11.8. The lowest BCUT2D eigenvalue weighted by molar-refractivity contribution is 0.320. The molecule has 2 rings (SSSR count). The maximum Gasteiger partial charge on any atom is 0.152 e. The summed E-state index contributed by atoms with van der Waals surface area (Å²) in [5, 5.41) is 7.87. The van der Waals surface area contributed by atoms with Gasteiger partial charge in [-0.15, -0.1) is 0 Å². The van der Waals surface area contributed by atoms with E-state index in [4.69, 9.17) is 0 Å². The molecular formula is C15H27N3O2S. The van der Waals surface area contributed by atoms with Crippen molar-refractivity contribution < 1.29 is 8.42 Å². The van der Waals surface area contributed by atoms with E-state index in [9.17, 15) is 8.42 Å². The van der Waals surface area contributed by atoms with Crippen LogP contribution in [0, 0.1) is 19.8 Å². The molecule has 2 unspecified atom stereocenters. The fourth-order valence-electron chi connectivity index (χ4n) is 3.43. The summed E-state index contributed by atoms with van der Waals surface area (Å²) >= 11 is 0. The van der Waals surface area contributed by atoms with E-state index < -0.39 is 15.4 Å². The minimum absolute atomic E-state index is 0.202. The van der Waals surface area contributed by atoms with Gasteiger partial charge in [0.15, 0.2) is 9.84 Å². The number of rotatable bonds is 5. The summed E-state index contributed by atoms with van der Waals surface area (Å²) < 4.78 is 25.6. The van der Waals surface area contributed by atoms with Crippen LogP contribution in [0.4, 0.5) is 0 Å². The lowest BCUT2D eigenvalue weighted by atomic mass is 9.98. The second-order valence-electron chi connectivity index (χ2n) is 6.77. The van der Waals surface area contributed by atoms with Crippen molar-refractivity contribution in [2.75, 3.05) is 25.1 Å². The first-order chi connectivity index (χ1) is 9.68. The molecule has 1 N–H and O–H groups in total. The highest BCUT2D eigenvalue weighted by Crippen LogP contribution is 2.33. The molecule has 0 spiro atoms. The number of aromatic nitrogens is 2. The van der Waals surface area contributed by atoms with Gasteiger partial charge < -0.3 is 5.32 Å². The Labute approximate surface area is 128 Å². The number of nitrogens with one attached hydrogen (secondary N) is 1. The van der Waals surface area contributed by atoms with Gasteiger partial charge in [-0.05, 0) is 58.7 Å². The average molecular weight is 313 g/mol. The molecule has 0 saturated carbocycles. The van der Waals surface area contributed by atoms with Gasteiger partial charge in [-0.1, -0.05) is 6.92 Å². The Kier molecular flexibility index (Phi) is 4.49. The summed E-state index contributed by atoms with van der Waals surface area (Å²) in [7, 11) is -0.963. The summed E-state index contributed by atoms with van der Waals surface area (Å²) in [6, 6.07) is 0. The molecule has 1 fully saturated rings. The third-order valence-electron chi connectivity index (χ3n) is 4.54. The molecule has 1 aromatic heterocycles. The zero-order valence-corrected chi connectivity index (χ0v) is 14.5. The molecule has 0 amide bonds. The van der Waals surface area contributed by atoms with E-state index in [1.807, 2.05) is 25.6 Å². The Hall–Kier alpha value is -0.880. The van der Waals surface area contributed by atoms with Crippen LogP contribution in [0.15, 0.2) is 0 Å². The number of hydrogen-bond acceptors (Lipinski definition) is 4. The normalized spacial score (nSPS) is 26.1. The van der Waals surface area contributed by atoms with Gasteiger partial charge in [-0.25, -0.2) is 8.42 Å². The molecule has 0 bridgehead atoms. The van der Waals surface area contributed by atoms with Crippen LogP contribution in [-0.2, 0) is 21.8 Å². The summed E-state index contributed by atoms with van der Waals surface area (Å²) in [5.74, 6) is 1.01. The second-order valence-corrected chi connectivity index (χ2v) is 8.95. The Morgan fingerprint density at radius 3 is 2.62 bits per heavy atom. The van der Waals surface area contributed by atoms with Crippen LogP contribution in [-0.4, -0.2) is 43.3 Å². The molecule has 2 atom stereocenters. The van der Waals surface area contributed by atoms with E-state index in [1.165, 1.54) is 5.56 Å². The zero-order chi connectivity index (χ0) is 15.8. The van der Waals surface area contributed by atoms with Crippen molar-refractivity contribution in [3.8, 4) is 0 Å². The molecule has 0 radical (unpaired) electrons. The average Bonchev–Trinajstić information content (AvgIpc) is 2.81. The van der Waals surface area contributed by atoms with Gasteiger partial charge in [0.25, 0.3) is 0 Å². The van der Waals surface area contributed by atoms with Crippen LogP contribution >= 0.6 is 0 Å². The van der Waals surface area contributed by atoms with Crippen molar-refractivity contribution in [3.63, 3.8) is 0 Å². The van der Waals surface area contributed by atoms with Crippen LogP contribution in [0.5, 0.6) is 0 Å². The minimum atomic E-state index is -2.92. The number of aryl methyl sites for hydroxylation is 1. The van der Waals surface area contributed by atoms with Crippen LogP contribution in [0.2, 0.25) is 0 Å². The standard InChI is InChI=1S/C15H27N3O2S/c1-11(9-16-5)8-14-12(2)17-18(13(14)3)15(4)6-7-21(19,20)10-15/h11,16H,6-10H2,1-5H3. The van der Waals surface area contributed by atoms with Crippen LogP contribution in [0.1, 0.15) is 37.2 Å². The van der Waals surface area contributed by atoms with Gasteiger partial charge in [-0.3, -0.25) is 4.68 Å². The van der Waals surface area contributed by atoms with E-state index >= 15 is 0 Å². The largest absolute Gasteiger partial charge is 0.319 e. The first kappa shape index (κ1) is 16.5. The Morgan fingerprint density at radius 1 is 1.43 bits per heavy atom. The molecule has 1 saturated heterocycles. The van der Waals surface area contributed by atoms with Gasteiger partial charge in [0, 0.05) is 5.69 Å². The van der Waals surface area contributed by atoms with Gasteiger partial charge >= 0.3 is 0 Å². The molecule has 1 aliphatic heterocycles. The van der Waals surface area contributed by atoms with Gasteiger partial charge in [0.1, 0.15) is 0 Å². The summed E-state index contributed by atoms with van der Waals surface area (Å²) in [4.78, 5) is 0. The van der Waals surface area contributed by atoms with Gasteiger partial charge in [0.05, 0.1) is 22.7 Å². The van der Waals surface area contributed by atoms with Crippen LogP contribution in [0.25, 0.3) is 0 Å². The highest BCUT2D eigenvalue weighted by atomic mass is 32.2. The van der Waals surface area contributed by atoms with Crippen LogP contribution < -0.4 is 5.32 Å². The molecule has 1 aromatic rings. The lowest BCUT2D eigenvalue weighted by Crippen LogP contribution is -2.33. The first-order valence-corrected chi connectivity index (χ1v) is 9.41. The maximum absolute atomic E-state index is 11.8. The predicted molar refractivity (Wildman–Crippen MR) is 85.4 cm³/mol. The Morgan fingerprint density at radius 2 is 2.10 bits per heavy atom. The molecule has 2 heterocycles. The fourth-order valence-corrected chi connectivity index (χ4v) is 5.53. The lowest BCUT2D eigenvalue weighted by Gasteiger charge is -2.25. The SMILES string of the molecule is CNCC(C)Cc1c(C)nn(C2(C)CCS(=O)(=O)C2)c1C. The van der Waals surface area contributed by atoms with Crippen molar-refractivity contribution in [2.24, 2.45) is 5.92 Å². The smallest absolute Gasteiger partial charge is 0.152 e. The van der Waals surface area contributed by atoms with Crippen LogP contribution in [0.3, 0.4) is 0 Å². The number of hydrogen-bond donors (Lipinski definition) is 1. The van der Waals surface area contributed by atoms with Gasteiger partial charge in [-0.2, -0.15) is 5.10 Å². The van der Waals surface area contributed by atoms with E-state index in [-0.39, 0.29) is 11.5 Å². The van der Waals surface area contributed by atoms with Crippen molar-refractivity contribution in [1.82, 2.24) is 15.1 Å². The molecular weight excluding hydrogens is 286 g/mol. The fraction of sp³-hybridized carbons (Fsp3) is 0.800. The Balaban J connectivity index is 2.31. The summed E-state index contributed by atoms with van der Waals surface area (Å²) in [6.45, 7) is 9.29. The molecule has 1 aliphatic rings.